The third-order valence-corrected chi connectivity index (χ3v) is 3.06. The van der Waals surface area contributed by atoms with Crippen molar-refractivity contribution >= 4 is 22.3 Å². The molecule has 0 saturated carbocycles. The third kappa shape index (κ3) is 1.99. The van der Waals surface area contributed by atoms with Gasteiger partial charge in [0, 0.05) is 18.1 Å². The first-order valence-electron chi connectivity index (χ1n) is 5.88. The second kappa shape index (κ2) is 4.56. The van der Waals surface area contributed by atoms with Gasteiger partial charge in [-0.25, -0.2) is 13.2 Å². The summed E-state index contributed by atoms with van der Waals surface area (Å²) in [4.78, 5) is 0. The van der Waals surface area contributed by atoms with Gasteiger partial charge >= 0.3 is 0 Å². The van der Waals surface area contributed by atoms with Gasteiger partial charge in [0.25, 0.3) is 0 Å². The van der Waals surface area contributed by atoms with Gasteiger partial charge in [0.15, 0.2) is 17.5 Å². The predicted octanol–water partition coefficient (Wildman–Crippen LogP) is 3.73. The van der Waals surface area contributed by atoms with E-state index in [2.05, 4.69) is 10.4 Å². The number of nitrogens with zero attached hydrogens (tertiary/aromatic N) is 2. The SMILES string of the molecule is Cn1ncc2ccc(Nc3ccc(F)c(F)c3F)cc21. The molecule has 0 radical (unpaired) electrons. The number of aryl methyl sites for hydroxylation is 1. The number of aromatic nitrogens is 2. The minimum absolute atomic E-state index is 0.120. The Morgan fingerprint density at radius 3 is 2.65 bits per heavy atom. The lowest BCUT2D eigenvalue weighted by Crippen LogP contribution is -1.99. The van der Waals surface area contributed by atoms with Gasteiger partial charge in [-0.3, -0.25) is 4.68 Å². The van der Waals surface area contributed by atoms with E-state index >= 15 is 0 Å². The zero-order valence-corrected chi connectivity index (χ0v) is 10.5. The highest BCUT2D eigenvalue weighted by Gasteiger charge is 2.13. The third-order valence-electron chi connectivity index (χ3n) is 3.06. The van der Waals surface area contributed by atoms with Crippen LogP contribution in [0.25, 0.3) is 10.9 Å². The van der Waals surface area contributed by atoms with Crippen molar-refractivity contribution in [2.24, 2.45) is 7.05 Å². The van der Waals surface area contributed by atoms with Crippen LogP contribution in [0, 0.1) is 17.5 Å². The lowest BCUT2D eigenvalue weighted by atomic mass is 10.2. The van der Waals surface area contributed by atoms with Crippen molar-refractivity contribution < 1.29 is 13.2 Å². The summed E-state index contributed by atoms with van der Waals surface area (Å²) in [5, 5.41) is 7.75. The standard InChI is InChI=1S/C14H10F3N3/c1-20-12-6-9(3-2-8(12)7-18-20)19-11-5-4-10(15)13(16)14(11)17/h2-7,19H,1H3. The Labute approximate surface area is 112 Å². The van der Waals surface area contributed by atoms with E-state index in [1.807, 2.05) is 6.07 Å². The second-order valence-electron chi connectivity index (χ2n) is 4.39. The van der Waals surface area contributed by atoms with Crippen LogP contribution in [-0.4, -0.2) is 9.78 Å². The van der Waals surface area contributed by atoms with Gasteiger partial charge in [0.05, 0.1) is 17.4 Å². The topological polar surface area (TPSA) is 29.9 Å². The molecule has 1 aromatic heterocycles. The molecule has 0 aliphatic rings. The van der Waals surface area contributed by atoms with Gasteiger partial charge < -0.3 is 5.32 Å². The van der Waals surface area contributed by atoms with E-state index in [4.69, 9.17) is 0 Å². The summed E-state index contributed by atoms with van der Waals surface area (Å²) >= 11 is 0. The fraction of sp³-hybridized carbons (Fsp3) is 0.0714. The maximum Gasteiger partial charge on any atom is 0.196 e. The Morgan fingerprint density at radius 1 is 1.05 bits per heavy atom. The zero-order chi connectivity index (χ0) is 14.3. The van der Waals surface area contributed by atoms with E-state index in [1.54, 1.807) is 30.1 Å². The highest BCUT2D eigenvalue weighted by atomic mass is 19.2. The van der Waals surface area contributed by atoms with Crippen LogP contribution in [-0.2, 0) is 7.05 Å². The molecule has 0 aliphatic carbocycles. The summed E-state index contributed by atoms with van der Waals surface area (Å²) in [6.45, 7) is 0. The highest BCUT2D eigenvalue weighted by molar-refractivity contribution is 5.83. The first kappa shape index (κ1) is 12.5. The van der Waals surface area contributed by atoms with Crippen LogP contribution >= 0.6 is 0 Å². The molecule has 0 atom stereocenters. The summed E-state index contributed by atoms with van der Waals surface area (Å²) in [6.07, 6.45) is 1.71. The molecule has 0 saturated heterocycles. The van der Waals surface area contributed by atoms with Crippen molar-refractivity contribution in [2.45, 2.75) is 0 Å². The summed E-state index contributed by atoms with van der Waals surface area (Å²) < 4.78 is 41.3. The molecule has 1 heterocycles. The molecule has 0 spiro atoms. The predicted molar refractivity (Wildman–Crippen MR) is 70.3 cm³/mol. The van der Waals surface area contributed by atoms with Gasteiger partial charge in [-0.05, 0) is 30.3 Å². The van der Waals surface area contributed by atoms with Crippen molar-refractivity contribution in [1.29, 1.82) is 0 Å². The minimum atomic E-state index is -1.49. The minimum Gasteiger partial charge on any atom is -0.353 e. The smallest absolute Gasteiger partial charge is 0.196 e. The molecular weight excluding hydrogens is 267 g/mol. The van der Waals surface area contributed by atoms with E-state index in [9.17, 15) is 13.2 Å². The maximum atomic E-state index is 13.6. The number of fused-ring (bicyclic) bond motifs is 1. The quantitative estimate of drug-likeness (QED) is 0.723. The average Bonchev–Trinajstić information content (AvgIpc) is 2.81. The van der Waals surface area contributed by atoms with Gasteiger partial charge in [0.2, 0.25) is 0 Å². The molecule has 3 aromatic rings. The lowest BCUT2D eigenvalue weighted by Gasteiger charge is -2.09. The molecule has 3 nitrogen and oxygen atoms in total. The Hall–Kier alpha value is -2.50. The fourth-order valence-corrected chi connectivity index (χ4v) is 2.00. The summed E-state index contributed by atoms with van der Waals surface area (Å²) in [6, 6.07) is 7.31. The Kier molecular flexibility index (Phi) is 2.85. The zero-order valence-electron chi connectivity index (χ0n) is 10.5. The molecule has 2 aromatic carbocycles. The van der Waals surface area contributed by atoms with Crippen molar-refractivity contribution in [1.82, 2.24) is 9.78 Å². The van der Waals surface area contributed by atoms with Crippen LogP contribution in [0.15, 0.2) is 36.5 Å². The number of anilines is 2. The Bertz CT molecular complexity index is 796. The Balaban J connectivity index is 2.01. The molecule has 0 unspecified atom stereocenters. The van der Waals surface area contributed by atoms with Gasteiger partial charge in [-0.2, -0.15) is 5.10 Å². The van der Waals surface area contributed by atoms with Crippen LogP contribution < -0.4 is 5.32 Å². The fourth-order valence-electron chi connectivity index (χ4n) is 2.00. The average molecular weight is 277 g/mol. The van der Waals surface area contributed by atoms with E-state index in [1.165, 1.54) is 0 Å². The molecular formula is C14H10F3N3. The van der Waals surface area contributed by atoms with Crippen LogP contribution in [0.5, 0.6) is 0 Å². The first-order chi connectivity index (χ1) is 9.56. The van der Waals surface area contributed by atoms with Crippen LogP contribution in [0.3, 0.4) is 0 Å². The van der Waals surface area contributed by atoms with Crippen molar-refractivity contribution in [3.63, 3.8) is 0 Å². The number of rotatable bonds is 2. The first-order valence-corrected chi connectivity index (χ1v) is 5.88. The molecule has 6 heteroatoms. The number of hydrogen-bond acceptors (Lipinski definition) is 2. The normalized spacial score (nSPS) is 11.0. The molecule has 102 valence electrons. The molecule has 0 bridgehead atoms. The van der Waals surface area contributed by atoms with Crippen molar-refractivity contribution in [2.75, 3.05) is 5.32 Å². The molecule has 3 rings (SSSR count). The number of nitrogens with one attached hydrogen (secondary N) is 1. The maximum absolute atomic E-state index is 13.6. The Morgan fingerprint density at radius 2 is 1.85 bits per heavy atom. The molecule has 0 aliphatic heterocycles. The van der Waals surface area contributed by atoms with Crippen molar-refractivity contribution in [3.8, 4) is 0 Å². The van der Waals surface area contributed by atoms with Gasteiger partial charge in [-0.1, -0.05) is 0 Å². The highest BCUT2D eigenvalue weighted by Crippen LogP contribution is 2.25. The van der Waals surface area contributed by atoms with E-state index in [0.29, 0.717) is 5.69 Å². The number of halogens is 3. The molecule has 20 heavy (non-hydrogen) atoms. The van der Waals surface area contributed by atoms with Crippen LogP contribution in [0.4, 0.5) is 24.5 Å². The van der Waals surface area contributed by atoms with Gasteiger partial charge in [-0.15, -0.1) is 0 Å². The van der Waals surface area contributed by atoms with Gasteiger partial charge in [0.1, 0.15) is 0 Å². The molecule has 0 amide bonds. The van der Waals surface area contributed by atoms with Crippen molar-refractivity contribution in [3.05, 3.63) is 54.0 Å². The van der Waals surface area contributed by atoms with Crippen LogP contribution in [0.2, 0.25) is 0 Å². The molecule has 1 N–H and O–H groups in total. The number of hydrogen-bond donors (Lipinski definition) is 1. The van der Waals surface area contributed by atoms with E-state index in [-0.39, 0.29) is 5.69 Å². The second-order valence-corrected chi connectivity index (χ2v) is 4.39. The van der Waals surface area contributed by atoms with E-state index < -0.39 is 17.5 Å². The largest absolute Gasteiger partial charge is 0.353 e. The lowest BCUT2D eigenvalue weighted by molar-refractivity contribution is 0.449. The summed E-state index contributed by atoms with van der Waals surface area (Å²) in [5.41, 5.74) is 1.29. The summed E-state index contributed by atoms with van der Waals surface area (Å²) in [5.74, 6) is -3.94. The van der Waals surface area contributed by atoms with E-state index in [0.717, 1.165) is 23.0 Å². The monoisotopic (exact) mass is 277 g/mol. The van der Waals surface area contributed by atoms with Crippen LogP contribution in [0.1, 0.15) is 0 Å². The molecule has 0 fully saturated rings. The summed E-state index contributed by atoms with van der Waals surface area (Å²) in [7, 11) is 1.78. The number of benzene rings is 2.